The third-order valence-corrected chi connectivity index (χ3v) is 3.19. The van der Waals surface area contributed by atoms with Gasteiger partial charge in [0.1, 0.15) is 0 Å². The van der Waals surface area contributed by atoms with Crippen molar-refractivity contribution < 1.29 is 4.79 Å². The molecular formula is C15H18N2O. The van der Waals surface area contributed by atoms with E-state index in [2.05, 4.69) is 24.1 Å². The maximum absolute atomic E-state index is 12.1. The van der Waals surface area contributed by atoms with Crippen LogP contribution in [0.25, 0.3) is 10.9 Å². The number of fused-ring (bicyclic) bond motifs is 1. The van der Waals surface area contributed by atoms with E-state index in [0.29, 0.717) is 5.56 Å². The minimum Gasteiger partial charge on any atom is -0.349 e. The van der Waals surface area contributed by atoms with Crippen molar-refractivity contribution in [3.8, 4) is 0 Å². The predicted octanol–water partition coefficient (Wildman–Crippen LogP) is 3.15. The van der Waals surface area contributed by atoms with Crippen molar-refractivity contribution in [3.63, 3.8) is 0 Å². The highest BCUT2D eigenvalue weighted by atomic mass is 16.1. The van der Waals surface area contributed by atoms with Crippen LogP contribution < -0.4 is 5.32 Å². The number of benzene rings is 1. The van der Waals surface area contributed by atoms with Crippen molar-refractivity contribution in [3.05, 3.63) is 42.1 Å². The van der Waals surface area contributed by atoms with E-state index in [1.54, 1.807) is 6.20 Å². The van der Waals surface area contributed by atoms with Gasteiger partial charge in [-0.3, -0.25) is 9.78 Å². The number of nitrogens with zero attached hydrogens (tertiary/aromatic N) is 1. The average Bonchev–Trinajstić information content (AvgIpc) is 2.44. The summed E-state index contributed by atoms with van der Waals surface area (Å²) in [4.78, 5) is 16.3. The Morgan fingerprint density at radius 2 is 2.06 bits per heavy atom. The van der Waals surface area contributed by atoms with Gasteiger partial charge < -0.3 is 5.32 Å². The zero-order valence-corrected chi connectivity index (χ0v) is 10.8. The number of hydrogen-bond donors (Lipinski definition) is 1. The summed E-state index contributed by atoms with van der Waals surface area (Å²) in [5.41, 5.74) is 1.53. The molecule has 3 heteroatoms. The van der Waals surface area contributed by atoms with Crippen LogP contribution in [0.3, 0.4) is 0 Å². The second-order valence-corrected chi connectivity index (χ2v) is 4.40. The molecule has 1 amide bonds. The summed E-state index contributed by atoms with van der Waals surface area (Å²) in [5.74, 6) is -0.0174. The largest absolute Gasteiger partial charge is 0.349 e. The fraction of sp³-hybridized carbons (Fsp3) is 0.333. The maximum Gasteiger partial charge on any atom is 0.251 e. The zero-order chi connectivity index (χ0) is 13.0. The van der Waals surface area contributed by atoms with Crippen LogP contribution in [0.4, 0.5) is 0 Å². The minimum atomic E-state index is -0.0174. The first kappa shape index (κ1) is 12.6. The maximum atomic E-state index is 12.1. The summed E-state index contributed by atoms with van der Waals surface area (Å²) in [6.07, 6.45) is 3.65. The van der Waals surface area contributed by atoms with Crippen molar-refractivity contribution in [2.75, 3.05) is 0 Å². The number of amides is 1. The minimum absolute atomic E-state index is 0.0174. The van der Waals surface area contributed by atoms with E-state index in [1.807, 2.05) is 30.3 Å². The van der Waals surface area contributed by atoms with E-state index in [-0.39, 0.29) is 11.9 Å². The molecule has 2 rings (SSSR count). The van der Waals surface area contributed by atoms with E-state index in [1.165, 1.54) is 0 Å². The lowest BCUT2D eigenvalue weighted by Crippen LogP contribution is -2.33. The van der Waals surface area contributed by atoms with Gasteiger partial charge in [-0.2, -0.15) is 0 Å². The zero-order valence-electron chi connectivity index (χ0n) is 10.8. The number of aromatic nitrogens is 1. The van der Waals surface area contributed by atoms with Gasteiger partial charge in [0.05, 0.1) is 5.52 Å². The van der Waals surface area contributed by atoms with Crippen LogP contribution >= 0.6 is 0 Å². The van der Waals surface area contributed by atoms with Gasteiger partial charge >= 0.3 is 0 Å². The first-order chi connectivity index (χ1) is 8.74. The highest BCUT2D eigenvalue weighted by Crippen LogP contribution is 2.13. The summed E-state index contributed by atoms with van der Waals surface area (Å²) in [6.45, 7) is 4.16. The summed E-state index contributed by atoms with van der Waals surface area (Å²) >= 11 is 0. The lowest BCUT2D eigenvalue weighted by molar-refractivity contribution is 0.0935. The monoisotopic (exact) mass is 242 g/mol. The van der Waals surface area contributed by atoms with Crippen molar-refractivity contribution in [1.82, 2.24) is 10.3 Å². The fourth-order valence-corrected chi connectivity index (χ4v) is 1.97. The Morgan fingerprint density at radius 1 is 1.28 bits per heavy atom. The van der Waals surface area contributed by atoms with Crippen molar-refractivity contribution >= 4 is 16.8 Å². The molecule has 0 spiro atoms. The van der Waals surface area contributed by atoms with E-state index in [4.69, 9.17) is 0 Å². The lowest BCUT2D eigenvalue weighted by Gasteiger charge is -2.14. The van der Waals surface area contributed by atoms with Gasteiger partial charge in [0.2, 0.25) is 0 Å². The molecule has 0 saturated carbocycles. The van der Waals surface area contributed by atoms with Crippen LogP contribution in [0.2, 0.25) is 0 Å². The lowest BCUT2D eigenvalue weighted by atomic mass is 10.1. The van der Waals surface area contributed by atoms with Crippen molar-refractivity contribution in [2.24, 2.45) is 0 Å². The molecule has 2 aromatic rings. The molecule has 18 heavy (non-hydrogen) atoms. The van der Waals surface area contributed by atoms with Gasteiger partial charge in [0.15, 0.2) is 0 Å². The molecule has 0 saturated heterocycles. The third kappa shape index (κ3) is 2.67. The molecule has 0 aliphatic rings. The van der Waals surface area contributed by atoms with Gasteiger partial charge in [0, 0.05) is 23.2 Å². The molecular weight excluding hydrogens is 224 g/mol. The molecule has 0 aliphatic heterocycles. The Labute approximate surface area is 107 Å². The van der Waals surface area contributed by atoms with Gasteiger partial charge in [-0.05, 0) is 31.0 Å². The van der Waals surface area contributed by atoms with Crippen LogP contribution in [-0.4, -0.2) is 16.9 Å². The summed E-state index contributed by atoms with van der Waals surface area (Å²) in [6, 6.07) is 9.76. The summed E-state index contributed by atoms with van der Waals surface area (Å²) in [7, 11) is 0. The fourth-order valence-electron chi connectivity index (χ4n) is 1.97. The number of carbonyl (C=O) groups excluding carboxylic acids is 1. The van der Waals surface area contributed by atoms with Crippen molar-refractivity contribution in [2.45, 2.75) is 32.7 Å². The SMILES string of the molecule is CCC(CC)NC(=O)c1ccc2cccnc2c1. The topological polar surface area (TPSA) is 42.0 Å². The number of rotatable bonds is 4. The Balaban J connectivity index is 2.22. The van der Waals surface area contributed by atoms with E-state index < -0.39 is 0 Å². The number of nitrogens with one attached hydrogen (secondary N) is 1. The van der Waals surface area contributed by atoms with E-state index >= 15 is 0 Å². The normalized spacial score (nSPS) is 10.8. The van der Waals surface area contributed by atoms with Crippen LogP contribution in [0.5, 0.6) is 0 Å². The quantitative estimate of drug-likeness (QED) is 0.894. The Hall–Kier alpha value is -1.90. The number of carbonyl (C=O) groups is 1. The third-order valence-electron chi connectivity index (χ3n) is 3.19. The number of hydrogen-bond acceptors (Lipinski definition) is 2. The molecule has 0 atom stereocenters. The van der Waals surface area contributed by atoms with Crippen LogP contribution in [0.1, 0.15) is 37.0 Å². The standard InChI is InChI=1S/C15H18N2O/c1-3-13(4-2)17-15(18)12-8-7-11-6-5-9-16-14(11)10-12/h5-10,13H,3-4H2,1-2H3,(H,17,18). The van der Waals surface area contributed by atoms with Crippen LogP contribution in [0, 0.1) is 0 Å². The highest BCUT2D eigenvalue weighted by molar-refractivity contribution is 5.97. The smallest absolute Gasteiger partial charge is 0.251 e. The molecule has 3 nitrogen and oxygen atoms in total. The molecule has 0 bridgehead atoms. The van der Waals surface area contributed by atoms with Gasteiger partial charge in [-0.1, -0.05) is 26.0 Å². The molecule has 0 aliphatic carbocycles. The molecule has 1 N–H and O–H groups in total. The molecule has 0 fully saturated rings. The molecule has 1 heterocycles. The molecule has 94 valence electrons. The van der Waals surface area contributed by atoms with Gasteiger partial charge in [0.25, 0.3) is 5.91 Å². The summed E-state index contributed by atoms with van der Waals surface area (Å²) in [5, 5.41) is 4.08. The second-order valence-electron chi connectivity index (χ2n) is 4.40. The number of pyridine rings is 1. The Bertz CT molecular complexity index is 547. The molecule has 1 aromatic heterocycles. The predicted molar refractivity (Wildman–Crippen MR) is 73.6 cm³/mol. The Kier molecular flexibility index (Phi) is 3.92. The molecule has 0 unspecified atom stereocenters. The first-order valence-corrected chi connectivity index (χ1v) is 6.40. The van der Waals surface area contributed by atoms with Crippen molar-refractivity contribution in [1.29, 1.82) is 0 Å². The Morgan fingerprint density at radius 3 is 2.78 bits per heavy atom. The van der Waals surface area contributed by atoms with E-state index in [9.17, 15) is 4.79 Å². The van der Waals surface area contributed by atoms with Gasteiger partial charge in [-0.25, -0.2) is 0 Å². The highest BCUT2D eigenvalue weighted by Gasteiger charge is 2.10. The first-order valence-electron chi connectivity index (χ1n) is 6.40. The van der Waals surface area contributed by atoms with E-state index in [0.717, 1.165) is 23.7 Å². The second kappa shape index (κ2) is 5.63. The van der Waals surface area contributed by atoms with Gasteiger partial charge in [-0.15, -0.1) is 0 Å². The molecule has 1 aromatic carbocycles. The van der Waals surface area contributed by atoms with Crippen LogP contribution in [-0.2, 0) is 0 Å². The molecule has 0 radical (unpaired) electrons. The average molecular weight is 242 g/mol. The van der Waals surface area contributed by atoms with Crippen LogP contribution in [0.15, 0.2) is 36.5 Å². The summed E-state index contributed by atoms with van der Waals surface area (Å²) < 4.78 is 0.